The molecule has 0 saturated carbocycles. The van der Waals surface area contributed by atoms with E-state index in [1.165, 1.54) is 24.3 Å². The zero-order valence-electron chi connectivity index (χ0n) is 11.1. The van der Waals surface area contributed by atoms with Gasteiger partial charge in [-0.05, 0) is 36.8 Å². The summed E-state index contributed by atoms with van der Waals surface area (Å²) in [5, 5.41) is 30.3. The maximum absolute atomic E-state index is 12.1. The Morgan fingerprint density at radius 2 is 1.76 bits per heavy atom. The number of hydrogen-bond donors (Lipinski definition) is 4. The van der Waals surface area contributed by atoms with Crippen LogP contribution in [0.15, 0.2) is 36.4 Å². The van der Waals surface area contributed by atoms with Gasteiger partial charge >= 0.3 is 5.97 Å². The van der Waals surface area contributed by atoms with Crippen LogP contribution in [0.3, 0.4) is 0 Å². The largest absolute Gasteiger partial charge is 0.508 e. The zero-order valence-corrected chi connectivity index (χ0v) is 11.1. The number of phenolic OH excluding ortho intramolecular Hbond substituents is 2. The number of aryl methyl sites for hydroxylation is 1. The van der Waals surface area contributed by atoms with Crippen LogP contribution in [0.1, 0.15) is 26.3 Å². The first-order valence-corrected chi connectivity index (χ1v) is 6.06. The Labute approximate surface area is 120 Å². The highest BCUT2D eigenvalue weighted by Gasteiger charge is 2.14. The summed E-state index contributed by atoms with van der Waals surface area (Å²) in [6.45, 7) is 1.72. The topological polar surface area (TPSA) is 107 Å². The molecule has 0 aliphatic carbocycles. The molecule has 6 nitrogen and oxygen atoms in total. The Morgan fingerprint density at radius 3 is 2.38 bits per heavy atom. The average molecular weight is 287 g/mol. The molecule has 0 aliphatic heterocycles. The summed E-state index contributed by atoms with van der Waals surface area (Å²) in [6.07, 6.45) is 0. The highest BCUT2D eigenvalue weighted by molar-refractivity contribution is 6.07. The molecule has 2 aromatic rings. The van der Waals surface area contributed by atoms with Crippen LogP contribution < -0.4 is 5.32 Å². The van der Waals surface area contributed by atoms with Crippen LogP contribution in [0.5, 0.6) is 11.5 Å². The van der Waals surface area contributed by atoms with Crippen molar-refractivity contribution in [2.45, 2.75) is 6.92 Å². The van der Waals surface area contributed by atoms with E-state index in [4.69, 9.17) is 5.11 Å². The predicted octanol–water partition coefficient (Wildman–Crippen LogP) is 2.36. The average Bonchev–Trinajstić information content (AvgIpc) is 2.40. The van der Waals surface area contributed by atoms with Crippen LogP contribution in [0, 0.1) is 6.92 Å². The van der Waals surface area contributed by atoms with Crippen molar-refractivity contribution in [2.24, 2.45) is 0 Å². The minimum absolute atomic E-state index is 0.0204. The van der Waals surface area contributed by atoms with Crippen LogP contribution in [0.25, 0.3) is 0 Å². The normalized spacial score (nSPS) is 10.1. The summed E-state index contributed by atoms with van der Waals surface area (Å²) < 4.78 is 0. The molecular weight excluding hydrogens is 274 g/mol. The molecular formula is C15H13NO5. The first-order valence-electron chi connectivity index (χ1n) is 6.06. The monoisotopic (exact) mass is 287 g/mol. The van der Waals surface area contributed by atoms with Crippen molar-refractivity contribution in [3.8, 4) is 11.5 Å². The van der Waals surface area contributed by atoms with E-state index in [2.05, 4.69) is 5.32 Å². The van der Waals surface area contributed by atoms with Gasteiger partial charge in [0.15, 0.2) is 0 Å². The number of carbonyl (C=O) groups is 2. The lowest BCUT2D eigenvalue weighted by atomic mass is 10.1. The van der Waals surface area contributed by atoms with E-state index in [1.54, 1.807) is 13.0 Å². The van der Waals surface area contributed by atoms with Gasteiger partial charge in [0.2, 0.25) is 0 Å². The number of amides is 1. The molecule has 1 amide bonds. The summed E-state index contributed by atoms with van der Waals surface area (Å²) in [5.41, 5.74) is 1.05. The third kappa shape index (κ3) is 3.11. The number of carboxylic acids is 1. The van der Waals surface area contributed by atoms with Gasteiger partial charge in [-0.2, -0.15) is 0 Å². The van der Waals surface area contributed by atoms with E-state index in [-0.39, 0.29) is 22.6 Å². The second-order valence-corrected chi connectivity index (χ2v) is 4.49. The van der Waals surface area contributed by atoms with Gasteiger partial charge in [0.05, 0.1) is 11.1 Å². The Bertz CT molecular complexity index is 724. The minimum atomic E-state index is -1.10. The SMILES string of the molecule is Cc1ccc(C(=O)O)cc1NC(=O)c1ccc(O)cc1O. The number of aromatic hydroxyl groups is 2. The highest BCUT2D eigenvalue weighted by atomic mass is 16.4. The van der Waals surface area contributed by atoms with Crippen molar-refractivity contribution < 1.29 is 24.9 Å². The lowest BCUT2D eigenvalue weighted by Crippen LogP contribution is -2.13. The van der Waals surface area contributed by atoms with Crippen molar-refractivity contribution in [3.05, 3.63) is 53.1 Å². The number of rotatable bonds is 3. The van der Waals surface area contributed by atoms with Crippen LogP contribution in [-0.2, 0) is 0 Å². The second-order valence-electron chi connectivity index (χ2n) is 4.49. The molecule has 0 aromatic heterocycles. The van der Waals surface area contributed by atoms with Crippen molar-refractivity contribution >= 4 is 17.6 Å². The molecule has 4 N–H and O–H groups in total. The smallest absolute Gasteiger partial charge is 0.335 e. The first kappa shape index (κ1) is 14.4. The summed E-state index contributed by atoms with van der Waals surface area (Å²) in [6, 6.07) is 7.95. The molecule has 0 fully saturated rings. The molecule has 21 heavy (non-hydrogen) atoms. The van der Waals surface area contributed by atoms with Gasteiger partial charge in [-0.1, -0.05) is 6.07 Å². The number of aromatic carboxylic acids is 1. The molecule has 0 unspecified atom stereocenters. The molecule has 108 valence electrons. The summed E-state index contributed by atoms with van der Waals surface area (Å²) in [7, 11) is 0. The maximum Gasteiger partial charge on any atom is 0.335 e. The van der Waals surface area contributed by atoms with Crippen LogP contribution in [0.2, 0.25) is 0 Å². The molecule has 0 radical (unpaired) electrons. The standard InChI is InChI=1S/C15H13NO5/c1-8-2-3-9(15(20)21)6-12(8)16-14(19)11-5-4-10(17)7-13(11)18/h2-7,17-18H,1H3,(H,16,19)(H,20,21). The van der Waals surface area contributed by atoms with E-state index in [1.807, 2.05) is 0 Å². The lowest BCUT2D eigenvalue weighted by molar-refractivity contribution is 0.0696. The van der Waals surface area contributed by atoms with E-state index in [0.717, 1.165) is 6.07 Å². The predicted molar refractivity (Wildman–Crippen MR) is 75.9 cm³/mol. The van der Waals surface area contributed by atoms with Crippen molar-refractivity contribution in [3.63, 3.8) is 0 Å². The van der Waals surface area contributed by atoms with Gasteiger partial charge in [0, 0.05) is 11.8 Å². The fraction of sp³-hybridized carbons (Fsp3) is 0.0667. The van der Waals surface area contributed by atoms with Gasteiger partial charge in [-0.15, -0.1) is 0 Å². The summed E-state index contributed by atoms with van der Waals surface area (Å²) in [4.78, 5) is 23.0. The van der Waals surface area contributed by atoms with Crippen molar-refractivity contribution in [1.29, 1.82) is 0 Å². The van der Waals surface area contributed by atoms with Gasteiger partial charge in [0.1, 0.15) is 11.5 Å². The van der Waals surface area contributed by atoms with E-state index < -0.39 is 11.9 Å². The maximum atomic E-state index is 12.1. The van der Waals surface area contributed by atoms with Gasteiger partial charge in [-0.25, -0.2) is 4.79 Å². The van der Waals surface area contributed by atoms with Gasteiger partial charge in [0.25, 0.3) is 5.91 Å². The Balaban J connectivity index is 2.31. The van der Waals surface area contributed by atoms with Crippen molar-refractivity contribution in [2.75, 3.05) is 5.32 Å². The Hall–Kier alpha value is -3.02. The molecule has 0 heterocycles. The van der Waals surface area contributed by atoms with Crippen molar-refractivity contribution in [1.82, 2.24) is 0 Å². The fourth-order valence-corrected chi connectivity index (χ4v) is 1.79. The molecule has 0 saturated heterocycles. The zero-order chi connectivity index (χ0) is 15.6. The number of hydrogen-bond acceptors (Lipinski definition) is 4. The molecule has 6 heteroatoms. The molecule has 2 rings (SSSR count). The molecule has 0 atom stereocenters. The molecule has 0 bridgehead atoms. The Morgan fingerprint density at radius 1 is 1.05 bits per heavy atom. The third-order valence-electron chi connectivity index (χ3n) is 2.96. The van der Waals surface area contributed by atoms with Gasteiger partial charge in [-0.3, -0.25) is 4.79 Å². The number of phenols is 2. The van der Waals surface area contributed by atoms with Crippen LogP contribution in [0.4, 0.5) is 5.69 Å². The molecule has 0 spiro atoms. The van der Waals surface area contributed by atoms with E-state index >= 15 is 0 Å². The first-order chi connectivity index (χ1) is 9.88. The van der Waals surface area contributed by atoms with Crippen LogP contribution in [-0.4, -0.2) is 27.2 Å². The highest BCUT2D eigenvalue weighted by Crippen LogP contribution is 2.24. The number of benzene rings is 2. The van der Waals surface area contributed by atoms with Gasteiger partial charge < -0.3 is 20.6 Å². The van der Waals surface area contributed by atoms with E-state index in [0.29, 0.717) is 11.3 Å². The third-order valence-corrected chi connectivity index (χ3v) is 2.96. The molecule has 2 aromatic carbocycles. The fourth-order valence-electron chi connectivity index (χ4n) is 1.79. The minimum Gasteiger partial charge on any atom is -0.508 e. The number of anilines is 1. The van der Waals surface area contributed by atoms with E-state index in [9.17, 15) is 19.8 Å². The van der Waals surface area contributed by atoms with Crippen LogP contribution >= 0.6 is 0 Å². The Kier molecular flexibility index (Phi) is 3.80. The quantitative estimate of drug-likeness (QED) is 0.693. The summed E-state index contributed by atoms with van der Waals surface area (Å²) in [5.74, 6) is -2.22. The second kappa shape index (κ2) is 5.54. The number of nitrogens with one attached hydrogen (secondary N) is 1. The lowest BCUT2D eigenvalue weighted by Gasteiger charge is -2.10. The molecule has 0 aliphatic rings. The summed E-state index contributed by atoms with van der Waals surface area (Å²) >= 11 is 0. The number of carbonyl (C=O) groups excluding carboxylic acids is 1. The number of carboxylic acid groups (broad SMARTS) is 1.